The highest BCUT2D eigenvalue weighted by Gasteiger charge is 2.30. The van der Waals surface area contributed by atoms with Crippen LogP contribution in [0.25, 0.3) is 10.9 Å². The number of amides is 4. The van der Waals surface area contributed by atoms with E-state index in [-0.39, 0.29) is 44.6 Å². The van der Waals surface area contributed by atoms with Gasteiger partial charge in [-0.2, -0.15) is 0 Å². The molecule has 224 valence electrons. The lowest BCUT2D eigenvalue weighted by Gasteiger charge is -2.24. The molecule has 41 heavy (non-hydrogen) atoms. The number of aromatic amines is 1. The Hall–Kier alpha value is -4.70. The van der Waals surface area contributed by atoms with Crippen LogP contribution in [0.4, 0.5) is 0 Å². The minimum atomic E-state index is -1.53. The molecule has 16 nitrogen and oxygen atoms in total. The van der Waals surface area contributed by atoms with Gasteiger partial charge in [0.05, 0.1) is 12.6 Å². The molecule has 14 N–H and O–H groups in total. The van der Waals surface area contributed by atoms with Gasteiger partial charge in [-0.3, -0.25) is 24.2 Å². The fourth-order valence-electron chi connectivity index (χ4n) is 3.94. The van der Waals surface area contributed by atoms with Gasteiger partial charge in [0.15, 0.2) is 5.96 Å². The number of H-pyrrole nitrogens is 1. The first-order valence-corrected chi connectivity index (χ1v) is 12.8. The number of benzene rings is 1. The molecule has 4 unspecified atom stereocenters. The van der Waals surface area contributed by atoms with E-state index in [1.165, 1.54) is 0 Å². The van der Waals surface area contributed by atoms with Gasteiger partial charge >= 0.3 is 5.97 Å². The molecule has 2 rings (SSSR count). The van der Waals surface area contributed by atoms with E-state index in [0.29, 0.717) is 5.56 Å². The Bertz CT molecular complexity index is 1260. The molecule has 1 aromatic heterocycles. The number of nitrogens with two attached hydrogens (primary N) is 4. The number of nitrogens with zero attached hydrogens (tertiary/aromatic N) is 1. The number of fused-ring (bicyclic) bond motifs is 1. The smallest absolute Gasteiger partial charge is 0.326 e. The largest absolute Gasteiger partial charge is 0.480 e. The van der Waals surface area contributed by atoms with Gasteiger partial charge in [0.25, 0.3) is 0 Å². The number of aromatic nitrogens is 1. The van der Waals surface area contributed by atoms with Crippen LogP contribution < -0.4 is 38.9 Å². The third kappa shape index (κ3) is 10.4. The summed E-state index contributed by atoms with van der Waals surface area (Å²) in [6.45, 7) is -0.725. The van der Waals surface area contributed by atoms with Crippen molar-refractivity contribution in [3.05, 3.63) is 36.0 Å². The van der Waals surface area contributed by atoms with Gasteiger partial charge in [-0.15, -0.1) is 0 Å². The van der Waals surface area contributed by atoms with Gasteiger partial charge in [-0.25, -0.2) is 4.79 Å². The maximum Gasteiger partial charge on any atom is 0.326 e. The van der Waals surface area contributed by atoms with E-state index in [2.05, 4.69) is 25.9 Å². The molecule has 1 heterocycles. The molecular formula is C25H37N9O7. The normalized spacial score (nSPS) is 13.8. The minimum Gasteiger partial charge on any atom is -0.480 e. The fraction of sp³-hybridized carbons (Fsp3) is 0.440. The number of hydrogen-bond acceptors (Lipinski definition) is 8. The van der Waals surface area contributed by atoms with Crippen molar-refractivity contribution in [2.75, 3.05) is 13.2 Å². The first-order valence-electron chi connectivity index (χ1n) is 12.8. The summed E-state index contributed by atoms with van der Waals surface area (Å²) in [7, 11) is 0. The Labute approximate surface area is 235 Å². The quantitative estimate of drug-likeness (QED) is 0.0514. The third-order valence-corrected chi connectivity index (χ3v) is 6.15. The summed E-state index contributed by atoms with van der Waals surface area (Å²) < 4.78 is 0. The summed E-state index contributed by atoms with van der Waals surface area (Å²) in [6, 6.07) is 1.97. The number of aliphatic imine (C=N–C) groups is 1. The van der Waals surface area contributed by atoms with E-state index >= 15 is 0 Å². The zero-order chi connectivity index (χ0) is 30.5. The Balaban J connectivity index is 2.10. The van der Waals surface area contributed by atoms with E-state index < -0.39 is 60.4 Å². The number of carbonyl (C=O) groups excluding carboxylic acids is 4. The van der Waals surface area contributed by atoms with Crippen molar-refractivity contribution in [3.63, 3.8) is 0 Å². The molecule has 0 fully saturated rings. The van der Waals surface area contributed by atoms with Crippen LogP contribution in [0.15, 0.2) is 35.5 Å². The molecule has 4 atom stereocenters. The summed E-state index contributed by atoms with van der Waals surface area (Å²) in [4.78, 5) is 68.3. The van der Waals surface area contributed by atoms with Gasteiger partial charge in [0.1, 0.15) is 18.1 Å². The molecule has 0 aliphatic carbocycles. The lowest BCUT2D eigenvalue weighted by atomic mass is 10.0. The Kier molecular flexibility index (Phi) is 12.5. The number of guanidine groups is 1. The standard InChI is InChI=1S/C25H37N9O7/c26-15(7-8-20(27)36)21(37)32-17(6-3-9-30-25(28)29)22(38)34-19(12-35)23(39)33-18(24(40)41)10-13-11-31-16-5-2-1-4-14(13)16/h1-2,4-5,11,15,17-19,31,35H,3,6-10,12,26H2,(H2,27,36)(H,32,37)(H,33,39)(H,34,38)(H,40,41)(H4,28,29,30). The Morgan fingerprint density at radius 1 is 0.902 bits per heavy atom. The summed E-state index contributed by atoms with van der Waals surface area (Å²) in [5.74, 6) is -4.67. The van der Waals surface area contributed by atoms with Crippen LogP contribution >= 0.6 is 0 Å². The predicted octanol–water partition coefficient (Wildman–Crippen LogP) is -3.11. The number of carboxylic acid groups (broad SMARTS) is 1. The number of para-hydroxylation sites is 1. The van der Waals surface area contributed by atoms with E-state index in [1.807, 2.05) is 12.1 Å². The van der Waals surface area contributed by atoms with E-state index in [4.69, 9.17) is 22.9 Å². The molecule has 0 bridgehead atoms. The van der Waals surface area contributed by atoms with Crippen molar-refractivity contribution < 1.29 is 34.2 Å². The summed E-state index contributed by atoms with van der Waals surface area (Å²) >= 11 is 0. The second-order valence-corrected chi connectivity index (χ2v) is 9.33. The Morgan fingerprint density at radius 3 is 2.17 bits per heavy atom. The second-order valence-electron chi connectivity index (χ2n) is 9.33. The number of carbonyl (C=O) groups is 5. The molecule has 16 heteroatoms. The maximum absolute atomic E-state index is 13.1. The number of hydrogen-bond donors (Lipinski definition) is 10. The zero-order valence-electron chi connectivity index (χ0n) is 22.3. The van der Waals surface area contributed by atoms with Crippen molar-refractivity contribution in [3.8, 4) is 0 Å². The number of aliphatic carboxylic acids is 1. The molecule has 0 saturated carbocycles. The first kappa shape index (κ1) is 32.5. The van der Waals surface area contributed by atoms with Crippen LogP contribution in [-0.4, -0.2) is 88.1 Å². The highest BCUT2D eigenvalue weighted by atomic mass is 16.4. The number of carboxylic acids is 1. The molecule has 1 aromatic carbocycles. The maximum atomic E-state index is 13.1. The van der Waals surface area contributed by atoms with Crippen molar-refractivity contribution in [2.45, 2.75) is 56.3 Å². The van der Waals surface area contributed by atoms with Crippen LogP contribution in [0.2, 0.25) is 0 Å². The summed E-state index contributed by atoms with van der Waals surface area (Å²) in [6.07, 6.45) is 1.64. The molecule has 0 aliphatic heterocycles. The van der Waals surface area contributed by atoms with Crippen molar-refractivity contribution in [1.82, 2.24) is 20.9 Å². The number of primary amides is 1. The molecule has 4 amide bonds. The van der Waals surface area contributed by atoms with Crippen LogP contribution in [0.5, 0.6) is 0 Å². The highest BCUT2D eigenvalue weighted by molar-refractivity contribution is 5.94. The topological polar surface area (TPSA) is 294 Å². The Morgan fingerprint density at radius 2 is 1.54 bits per heavy atom. The monoisotopic (exact) mass is 575 g/mol. The lowest BCUT2D eigenvalue weighted by Crippen LogP contribution is -2.58. The zero-order valence-corrected chi connectivity index (χ0v) is 22.3. The predicted molar refractivity (Wildman–Crippen MR) is 149 cm³/mol. The van der Waals surface area contributed by atoms with E-state index in [9.17, 15) is 34.2 Å². The van der Waals surface area contributed by atoms with Crippen LogP contribution in [0.3, 0.4) is 0 Å². The average Bonchev–Trinajstić information content (AvgIpc) is 3.33. The van der Waals surface area contributed by atoms with Crippen molar-refractivity contribution in [1.29, 1.82) is 0 Å². The van der Waals surface area contributed by atoms with Gasteiger partial charge in [-0.05, 0) is 30.9 Å². The molecule has 0 radical (unpaired) electrons. The number of aliphatic hydroxyl groups is 1. The second kappa shape index (κ2) is 15.8. The molecular weight excluding hydrogens is 538 g/mol. The van der Waals surface area contributed by atoms with Gasteiger partial charge < -0.3 is 54.1 Å². The molecule has 0 saturated heterocycles. The molecule has 0 spiro atoms. The van der Waals surface area contributed by atoms with Crippen molar-refractivity contribution in [2.24, 2.45) is 27.9 Å². The lowest BCUT2D eigenvalue weighted by molar-refractivity contribution is -0.142. The van der Waals surface area contributed by atoms with E-state index in [0.717, 1.165) is 10.9 Å². The SMILES string of the molecule is NC(=O)CCC(N)C(=O)NC(CCCN=C(N)N)C(=O)NC(CO)C(=O)NC(Cc1c[nH]c2ccccc12)C(=O)O. The van der Waals surface area contributed by atoms with Crippen LogP contribution in [-0.2, 0) is 30.4 Å². The number of aliphatic hydroxyl groups excluding tert-OH is 1. The van der Waals surface area contributed by atoms with Gasteiger partial charge in [-0.1, -0.05) is 18.2 Å². The number of nitrogens with one attached hydrogen (secondary N) is 4. The van der Waals surface area contributed by atoms with Crippen LogP contribution in [0.1, 0.15) is 31.2 Å². The van der Waals surface area contributed by atoms with E-state index in [1.54, 1.807) is 18.3 Å². The third-order valence-electron chi connectivity index (χ3n) is 6.15. The van der Waals surface area contributed by atoms with Crippen LogP contribution in [0, 0.1) is 0 Å². The minimum absolute atomic E-state index is 0.0228. The average molecular weight is 576 g/mol. The number of rotatable bonds is 17. The molecule has 0 aliphatic rings. The van der Waals surface area contributed by atoms with Crippen molar-refractivity contribution >= 4 is 46.5 Å². The molecule has 2 aromatic rings. The van der Waals surface area contributed by atoms with Gasteiger partial charge in [0, 0.05) is 36.5 Å². The first-order chi connectivity index (χ1) is 19.4. The highest BCUT2D eigenvalue weighted by Crippen LogP contribution is 2.19. The fourth-order valence-corrected chi connectivity index (χ4v) is 3.94. The summed E-state index contributed by atoms with van der Waals surface area (Å²) in [5.41, 5.74) is 22.9. The summed E-state index contributed by atoms with van der Waals surface area (Å²) in [5, 5.41) is 27.4. The van der Waals surface area contributed by atoms with Gasteiger partial charge in [0.2, 0.25) is 23.6 Å².